The summed E-state index contributed by atoms with van der Waals surface area (Å²) in [6.07, 6.45) is 2.87. The van der Waals surface area contributed by atoms with Crippen molar-refractivity contribution in [2.24, 2.45) is 0 Å². The van der Waals surface area contributed by atoms with Crippen LogP contribution in [0.2, 0.25) is 0 Å². The second-order valence-corrected chi connectivity index (χ2v) is 5.90. The van der Waals surface area contributed by atoms with Crippen molar-refractivity contribution in [1.82, 2.24) is 0 Å². The number of benzene rings is 2. The van der Waals surface area contributed by atoms with Gasteiger partial charge in [0.05, 0.1) is 17.6 Å². The zero-order valence-corrected chi connectivity index (χ0v) is 13.9. The van der Waals surface area contributed by atoms with E-state index in [0.29, 0.717) is 22.9 Å². The van der Waals surface area contributed by atoms with Crippen LogP contribution >= 0.6 is 11.8 Å². The maximum absolute atomic E-state index is 12.5. The molecule has 130 valence electrons. The predicted molar refractivity (Wildman–Crippen MR) is 91.6 cm³/mol. The van der Waals surface area contributed by atoms with Crippen LogP contribution in [0.4, 0.5) is 8.78 Å². The molecule has 4 nitrogen and oxygen atoms in total. The van der Waals surface area contributed by atoms with Gasteiger partial charge in [-0.05, 0) is 42.0 Å². The van der Waals surface area contributed by atoms with Crippen LogP contribution in [0.3, 0.4) is 0 Å². The minimum atomic E-state index is -2.58. The van der Waals surface area contributed by atoms with Crippen LogP contribution < -0.4 is 4.74 Å². The highest BCUT2D eigenvalue weighted by atomic mass is 32.2. The van der Waals surface area contributed by atoms with Gasteiger partial charge in [0.1, 0.15) is 5.75 Å². The molecule has 0 radical (unpaired) electrons. The molecule has 1 N–H and O–H groups in total. The molecule has 7 heteroatoms. The first-order chi connectivity index (χ1) is 11.9. The summed E-state index contributed by atoms with van der Waals surface area (Å²) < 4.78 is 30.0. The second kappa shape index (κ2) is 8.43. The van der Waals surface area contributed by atoms with Gasteiger partial charge in [-0.25, -0.2) is 4.79 Å². The number of carboxylic acid groups (broad SMARTS) is 1. The highest BCUT2D eigenvalue weighted by Crippen LogP contribution is 2.34. The summed E-state index contributed by atoms with van der Waals surface area (Å²) in [6.45, 7) is 0. The molecule has 0 fully saturated rings. The molecule has 0 aromatic heterocycles. The average molecular weight is 364 g/mol. The molecular formula is C18H14F2O4S. The Labute approximate surface area is 147 Å². The molecule has 0 spiro atoms. The van der Waals surface area contributed by atoms with Crippen molar-refractivity contribution in [2.45, 2.75) is 10.7 Å². The molecule has 2 aromatic rings. The molecule has 0 amide bonds. The highest BCUT2D eigenvalue weighted by molar-refractivity contribution is 7.99. The fourth-order valence-corrected chi connectivity index (χ4v) is 2.62. The molecule has 0 atom stereocenters. The number of carbonyl (C=O) groups is 2. The quantitative estimate of drug-likeness (QED) is 0.442. The largest absolute Gasteiger partial charge is 0.496 e. The molecule has 0 aliphatic rings. The number of ketones is 1. The maximum atomic E-state index is 12.5. The Morgan fingerprint density at radius 2 is 1.76 bits per heavy atom. The Kier molecular flexibility index (Phi) is 6.30. The zero-order chi connectivity index (χ0) is 18.4. The van der Waals surface area contributed by atoms with Crippen LogP contribution in [0.5, 0.6) is 5.75 Å². The van der Waals surface area contributed by atoms with Gasteiger partial charge in [0.25, 0.3) is 5.76 Å². The number of rotatable bonds is 7. The van der Waals surface area contributed by atoms with Gasteiger partial charge < -0.3 is 9.84 Å². The van der Waals surface area contributed by atoms with Crippen LogP contribution in [0.15, 0.2) is 53.4 Å². The number of hydrogen-bond donors (Lipinski definition) is 1. The van der Waals surface area contributed by atoms with Crippen LogP contribution in [-0.2, 0) is 0 Å². The lowest BCUT2D eigenvalue weighted by Gasteiger charge is -2.08. The first kappa shape index (κ1) is 18.7. The van der Waals surface area contributed by atoms with Crippen molar-refractivity contribution >= 4 is 29.6 Å². The Hall–Kier alpha value is -2.67. The van der Waals surface area contributed by atoms with E-state index in [-0.39, 0.29) is 22.0 Å². The smallest absolute Gasteiger partial charge is 0.335 e. The lowest BCUT2D eigenvalue weighted by atomic mass is 10.1. The van der Waals surface area contributed by atoms with Gasteiger partial charge in [-0.15, -0.1) is 0 Å². The minimum Gasteiger partial charge on any atom is -0.496 e. The molecule has 0 saturated heterocycles. The standard InChI is InChI=1S/C18H14F2O4S/c1-24-15-10-13(7-9-16(15)25-18(19)20)14(21)8-4-11-2-5-12(6-3-11)17(22)23/h2-10,18H,1H3,(H,22,23). The number of halogens is 2. The Morgan fingerprint density at radius 1 is 1.12 bits per heavy atom. The number of allylic oxidation sites excluding steroid dienone is 1. The highest BCUT2D eigenvalue weighted by Gasteiger charge is 2.13. The van der Waals surface area contributed by atoms with Crippen molar-refractivity contribution in [3.63, 3.8) is 0 Å². The molecule has 0 heterocycles. The fourth-order valence-electron chi connectivity index (χ4n) is 2.02. The van der Waals surface area contributed by atoms with Gasteiger partial charge in [0, 0.05) is 5.56 Å². The zero-order valence-electron chi connectivity index (χ0n) is 13.1. The Bertz CT molecular complexity index is 801. The van der Waals surface area contributed by atoms with Crippen molar-refractivity contribution in [1.29, 1.82) is 0 Å². The maximum Gasteiger partial charge on any atom is 0.335 e. The molecule has 0 aliphatic heterocycles. The van der Waals surface area contributed by atoms with Gasteiger partial charge in [0.2, 0.25) is 0 Å². The van der Waals surface area contributed by atoms with E-state index in [0.717, 1.165) is 0 Å². The number of methoxy groups -OCH3 is 1. The summed E-state index contributed by atoms with van der Waals surface area (Å²) in [5, 5.41) is 8.84. The number of carbonyl (C=O) groups excluding carboxylic acids is 1. The lowest BCUT2D eigenvalue weighted by molar-refractivity contribution is 0.0696. The van der Waals surface area contributed by atoms with E-state index in [9.17, 15) is 18.4 Å². The number of carboxylic acids is 1. The van der Waals surface area contributed by atoms with Crippen LogP contribution in [-0.4, -0.2) is 29.7 Å². The summed E-state index contributed by atoms with van der Waals surface area (Å²) in [7, 11) is 1.35. The van der Waals surface area contributed by atoms with Crippen LogP contribution in [0, 0.1) is 0 Å². The van der Waals surface area contributed by atoms with Crippen LogP contribution in [0.1, 0.15) is 26.3 Å². The molecule has 25 heavy (non-hydrogen) atoms. The van der Waals surface area contributed by atoms with Crippen LogP contribution in [0.25, 0.3) is 6.08 Å². The molecule has 0 unspecified atom stereocenters. The fraction of sp³-hybridized carbons (Fsp3) is 0.111. The van der Waals surface area contributed by atoms with E-state index < -0.39 is 11.7 Å². The van der Waals surface area contributed by atoms with E-state index in [1.165, 1.54) is 43.5 Å². The summed E-state index contributed by atoms with van der Waals surface area (Å²) in [6, 6.07) is 10.3. The van der Waals surface area contributed by atoms with E-state index in [2.05, 4.69) is 0 Å². The summed E-state index contributed by atoms with van der Waals surface area (Å²) in [5.74, 6) is -3.73. The first-order valence-electron chi connectivity index (χ1n) is 7.09. The number of thioether (sulfide) groups is 1. The topological polar surface area (TPSA) is 63.6 Å². The number of hydrogen-bond acceptors (Lipinski definition) is 4. The molecule has 0 aliphatic carbocycles. The van der Waals surface area contributed by atoms with Gasteiger partial charge in [-0.1, -0.05) is 30.0 Å². The normalized spacial score (nSPS) is 11.0. The van der Waals surface area contributed by atoms with Gasteiger partial charge >= 0.3 is 5.97 Å². The third-order valence-electron chi connectivity index (χ3n) is 3.25. The summed E-state index contributed by atoms with van der Waals surface area (Å²) in [5.41, 5.74) is 1.12. The van der Waals surface area contributed by atoms with Crippen molar-refractivity contribution in [3.8, 4) is 5.75 Å². The van der Waals surface area contributed by atoms with Crippen molar-refractivity contribution in [2.75, 3.05) is 7.11 Å². The molecule has 0 bridgehead atoms. The predicted octanol–water partition coefficient (Wildman–Crippen LogP) is 4.60. The SMILES string of the molecule is COc1cc(C(=O)C=Cc2ccc(C(=O)O)cc2)ccc1SC(F)F. The van der Waals surface area contributed by atoms with Gasteiger partial charge in [-0.3, -0.25) is 4.79 Å². The third kappa shape index (κ3) is 5.15. The Morgan fingerprint density at radius 3 is 2.32 bits per heavy atom. The van der Waals surface area contributed by atoms with E-state index in [1.807, 2.05) is 0 Å². The molecule has 2 rings (SSSR count). The summed E-state index contributed by atoms with van der Waals surface area (Å²) in [4.78, 5) is 23.2. The van der Waals surface area contributed by atoms with Crippen molar-refractivity contribution < 1.29 is 28.2 Å². The minimum absolute atomic E-state index is 0.153. The number of aromatic carboxylic acids is 1. The van der Waals surface area contributed by atoms with E-state index >= 15 is 0 Å². The average Bonchev–Trinajstić information content (AvgIpc) is 2.59. The van der Waals surface area contributed by atoms with E-state index in [4.69, 9.17) is 9.84 Å². The number of ether oxygens (including phenoxy) is 1. The molecule has 2 aromatic carbocycles. The van der Waals surface area contributed by atoms with E-state index in [1.54, 1.807) is 18.2 Å². The molecule has 0 saturated carbocycles. The Balaban J connectivity index is 2.15. The van der Waals surface area contributed by atoms with Gasteiger partial charge in [-0.2, -0.15) is 8.78 Å². The summed E-state index contributed by atoms with van der Waals surface area (Å²) >= 11 is 0.348. The van der Waals surface area contributed by atoms with Crippen molar-refractivity contribution in [3.05, 3.63) is 65.2 Å². The lowest BCUT2D eigenvalue weighted by Crippen LogP contribution is -1.97. The first-order valence-corrected chi connectivity index (χ1v) is 7.97. The monoisotopic (exact) mass is 364 g/mol. The second-order valence-electron chi connectivity index (χ2n) is 4.87. The van der Waals surface area contributed by atoms with Gasteiger partial charge in [0.15, 0.2) is 5.78 Å². The number of alkyl halides is 2. The third-order valence-corrected chi connectivity index (χ3v) is 4.02. The molecular weight excluding hydrogens is 350 g/mol.